The summed E-state index contributed by atoms with van der Waals surface area (Å²) in [5.41, 5.74) is 0. The van der Waals surface area contributed by atoms with Gasteiger partial charge in [0.1, 0.15) is 6.54 Å². The van der Waals surface area contributed by atoms with Gasteiger partial charge in [0, 0.05) is 18.1 Å². The van der Waals surface area contributed by atoms with E-state index in [4.69, 9.17) is 4.42 Å². The molecule has 0 fully saturated rings. The summed E-state index contributed by atoms with van der Waals surface area (Å²) in [5, 5.41) is 5.02. The normalized spacial score (nSPS) is 10.5. The summed E-state index contributed by atoms with van der Waals surface area (Å²) >= 11 is 1.34. The lowest BCUT2D eigenvalue weighted by atomic mass is 10.2. The highest BCUT2D eigenvalue weighted by Crippen LogP contribution is 2.12. The zero-order valence-electron chi connectivity index (χ0n) is 13.2. The third-order valence-electron chi connectivity index (χ3n) is 3.31. The van der Waals surface area contributed by atoms with E-state index >= 15 is 0 Å². The minimum absolute atomic E-state index is 0.00869. The maximum absolute atomic E-state index is 12.4. The predicted octanol–water partition coefficient (Wildman–Crippen LogP) is 3.40. The van der Waals surface area contributed by atoms with Gasteiger partial charge in [-0.15, -0.1) is 11.3 Å². The van der Waals surface area contributed by atoms with Crippen molar-refractivity contribution in [3.05, 3.63) is 35.7 Å². The first-order valence-electron chi connectivity index (χ1n) is 7.73. The number of hydrogen-bond acceptors (Lipinski definition) is 5. The highest BCUT2D eigenvalue weighted by Gasteiger charge is 2.21. The van der Waals surface area contributed by atoms with Crippen LogP contribution in [0.3, 0.4) is 0 Å². The minimum atomic E-state index is -0.263. The van der Waals surface area contributed by atoms with Crippen LogP contribution in [0, 0.1) is 0 Å². The molecular weight excluding hydrogens is 314 g/mol. The molecule has 0 saturated heterocycles. The van der Waals surface area contributed by atoms with E-state index in [0.717, 1.165) is 25.7 Å². The lowest BCUT2D eigenvalue weighted by Gasteiger charge is -2.20. The summed E-state index contributed by atoms with van der Waals surface area (Å²) < 4.78 is 5.16. The average molecular weight is 335 g/mol. The Bertz CT molecular complexity index is 596. The second kappa shape index (κ2) is 9.09. The number of furan rings is 1. The Balaban J connectivity index is 1.94. The highest BCUT2D eigenvalue weighted by molar-refractivity contribution is 7.13. The van der Waals surface area contributed by atoms with Crippen molar-refractivity contribution in [3.63, 3.8) is 0 Å². The van der Waals surface area contributed by atoms with Crippen molar-refractivity contribution in [1.82, 2.24) is 9.88 Å². The van der Waals surface area contributed by atoms with Gasteiger partial charge in [-0.25, -0.2) is 4.98 Å². The first kappa shape index (κ1) is 17.2. The van der Waals surface area contributed by atoms with E-state index in [-0.39, 0.29) is 24.1 Å². The van der Waals surface area contributed by atoms with Crippen LogP contribution in [-0.4, -0.2) is 34.8 Å². The number of carbonyl (C=O) groups excluding carboxylic acids is 2. The van der Waals surface area contributed by atoms with Crippen molar-refractivity contribution in [2.24, 2.45) is 0 Å². The Labute approximate surface area is 139 Å². The quantitative estimate of drug-likeness (QED) is 0.713. The predicted molar refractivity (Wildman–Crippen MR) is 89.5 cm³/mol. The molecule has 0 aliphatic heterocycles. The van der Waals surface area contributed by atoms with Crippen molar-refractivity contribution in [2.75, 3.05) is 18.4 Å². The van der Waals surface area contributed by atoms with Crippen LogP contribution in [0.4, 0.5) is 5.13 Å². The fraction of sp³-hybridized carbons (Fsp3) is 0.438. The number of thiazole rings is 1. The Hall–Kier alpha value is -2.15. The fourth-order valence-corrected chi connectivity index (χ4v) is 2.70. The Kier molecular flexibility index (Phi) is 6.80. The monoisotopic (exact) mass is 335 g/mol. The Morgan fingerprint density at radius 3 is 2.87 bits per heavy atom. The van der Waals surface area contributed by atoms with Crippen molar-refractivity contribution >= 4 is 28.3 Å². The Morgan fingerprint density at radius 1 is 1.35 bits per heavy atom. The second-order valence-electron chi connectivity index (χ2n) is 5.15. The third-order valence-corrected chi connectivity index (χ3v) is 4.00. The molecule has 7 heteroatoms. The average Bonchev–Trinajstić information content (AvgIpc) is 3.22. The van der Waals surface area contributed by atoms with E-state index in [1.807, 2.05) is 0 Å². The van der Waals surface area contributed by atoms with E-state index in [9.17, 15) is 9.59 Å². The molecule has 2 heterocycles. The summed E-state index contributed by atoms with van der Waals surface area (Å²) in [7, 11) is 0. The molecule has 0 atom stereocenters. The van der Waals surface area contributed by atoms with Gasteiger partial charge in [0.05, 0.1) is 6.26 Å². The van der Waals surface area contributed by atoms with Crippen LogP contribution in [0.15, 0.2) is 34.4 Å². The van der Waals surface area contributed by atoms with E-state index < -0.39 is 0 Å². The number of carbonyl (C=O) groups is 2. The number of aromatic nitrogens is 1. The summed E-state index contributed by atoms with van der Waals surface area (Å²) in [4.78, 5) is 30.1. The van der Waals surface area contributed by atoms with E-state index in [2.05, 4.69) is 17.2 Å². The molecule has 0 aliphatic carbocycles. The number of rotatable bonds is 9. The molecule has 1 N–H and O–H groups in total. The number of nitrogens with zero attached hydrogens (tertiary/aromatic N) is 2. The number of nitrogens with one attached hydrogen (secondary N) is 1. The Morgan fingerprint density at radius 2 is 2.22 bits per heavy atom. The molecule has 0 saturated carbocycles. The molecule has 2 amide bonds. The molecule has 2 aromatic heterocycles. The van der Waals surface area contributed by atoms with Crippen LogP contribution in [0.5, 0.6) is 0 Å². The molecule has 0 aliphatic rings. The van der Waals surface area contributed by atoms with E-state index in [1.54, 1.807) is 23.7 Å². The van der Waals surface area contributed by atoms with Crippen LogP contribution in [0.2, 0.25) is 0 Å². The molecule has 23 heavy (non-hydrogen) atoms. The molecule has 124 valence electrons. The molecule has 0 unspecified atom stereocenters. The molecule has 0 spiro atoms. The minimum Gasteiger partial charge on any atom is -0.459 e. The highest BCUT2D eigenvalue weighted by atomic mass is 32.1. The smallest absolute Gasteiger partial charge is 0.290 e. The van der Waals surface area contributed by atoms with Gasteiger partial charge in [-0.05, 0) is 18.6 Å². The van der Waals surface area contributed by atoms with Crippen LogP contribution >= 0.6 is 11.3 Å². The largest absolute Gasteiger partial charge is 0.459 e. The van der Waals surface area contributed by atoms with Crippen LogP contribution in [0.25, 0.3) is 0 Å². The molecular formula is C16H21N3O3S. The van der Waals surface area contributed by atoms with Gasteiger partial charge >= 0.3 is 0 Å². The molecule has 0 radical (unpaired) electrons. The van der Waals surface area contributed by atoms with Crippen LogP contribution in [-0.2, 0) is 4.79 Å². The maximum atomic E-state index is 12.4. The zero-order valence-corrected chi connectivity index (χ0v) is 14.0. The van der Waals surface area contributed by atoms with Crippen LogP contribution < -0.4 is 5.32 Å². The lowest BCUT2D eigenvalue weighted by molar-refractivity contribution is -0.116. The number of hydrogen-bond donors (Lipinski definition) is 1. The topological polar surface area (TPSA) is 75.4 Å². The van der Waals surface area contributed by atoms with Crippen LogP contribution in [0.1, 0.15) is 43.2 Å². The maximum Gasteiger partial charge on any atom is 0.290 e. The van der Waals surface area contributed by atoms with E-state index in [0.29, 0.717) is 11.7 Å². The standard InChI is InChI=1S/C16H21N3O3S/c1-2-3-4-5-9-19(15(21)13-7-6-10-22-13)12-14(20)18-16-17-8-11-23-16/h6-8,10-11H,2-5,9,12H2,1H3,(H,17,18,20). The molecule has 6 nitrogen and oxygen atoms in total. The number of anilines is 1. The van der Waals surface area contributed by atoms with Gasteiger partial charge < -0.3 is 14.6 Å². The molecule has 0 aromatic carbocycles. The van der Waals surface area contributed by atoms with Gasteiger partial charge in [0.25, 0.3) is 5.91 Å². The van der Waals surface area contributed by atoms with Gasteiger partial charge in [0.15, 0.2) is 10.9 Å². The molecule has 2 rings (SSSR count). The van der Waals surface area contributed by atoms with Gasteiger partial charge in [-0.1, -0.05) is 26.2 Å². The second-order valence-corrected chi connectivity index (χ2v) is 6.04. The van der Waals surface area contributed by atoms with Crippen molar-refractivity contribution in [2.45, 2.75) is 32.6 Å². The van der Waals surface area contributed by atoms with Crippen molar-refractivity contribution in [3.8, 4) is 0 Å². The van der Waals surface area contributed by atoms with Gasteiger partial charge in [0.2, 0.25) is 5.91 Å². The summed E-state index contributed by atoms with van der Waals surface area (Å²) in [6, 6.07) is 3.28. The third kappa shape index (κ3) is 5.52. The van der Waals surface area contributed by atoms with Crippen molar-refractivity contribution < 1.29 is 14.0 Å². The SMILES string of the molecule is CCCCCCN(CC(=O)Nc1nccs1)C(=O)c1ccco1. The number of amides is 2. The molecule has 0 bridgehead atoms. The van der Waals surface area contributed by atoms with Gasteiger partial charge in [-0.2, -0.15) is 0 Å². The fourth-order valence-electron chi connectivity index (χ4n) is 2.16. The summed E-state index contributed by atoms with van der Waals surface area (Å²) in [5.74, 6) is -0.265. The summed E-state index contributed by atoms with van der Waals surface area (Å²) in [6.45, 7) is 2.66. The summed E-state index contributed by atoms with van der Waals surface area (Å²) in [6.07, 6.45) is 7.22. The van der Waals surface area contributed by atoms with E-state index in [1.165, 1.54) is 22.5 Å². The first-order chi connectivity index (χ1) is 11.2. The molecule has 2 aromatic rings. The first-order valence-corrected chi connectivity index (χ1v) is 8.60. The lowest BCUT2D eigenvalue weighted by Crippen LogP contribution is -2.38. The number of unbranched alkanes of at least 4 members (excludes halogenated alkanes) is 3. The van der Waals surface area contributed by atoms with Crippen molar-refractivity contribution in [1.29, 1.82) is 0 Å². The zero-order chi connectivity index (χ0) is 16.5. The van der Waals surface area contributed by atoms with Gasteiger partial charge in [-0.3, -0.25) is 9.59 Å².